The van der Waals surface area contributed by atoms with Gasteiger partial charge in [-0.15, -0.1) is 0 Å². The molecule has 5 unspecified atom stereocenters. The maximum absolute atomic E-state index is 11.9. The van der Waals surface area contributed by atoms with Gasteiger partial charge in [-0.2, -0.15) is 0 Å². The van der Waals surface area contributed by atoms with Crippen LogP contribution in [0.3, 0.4) is 0 Å². The fraction of sp³-hybridized carbons (Fsp3) is 0.900. The van der Waals surface area contributed by atoms with Crippen molar-refractivity contribution in [2.24, 2.45) is 46.3 Å². The zero-order valence-electron chi connectivity index (χ0n) is 22.2. The number of hydrogen-bond donors (Lipinski definition) is 1. The molecule has 3 saturated carbocycles. The number of carbonyl (C=O) groups excluding carboxylic acids is 1. The number of hydrogen-bond acceptors (Lipinski definition) is 3. The smallest absolute Gasteiger partial charge is 0.334 e. The molecule has 188 valence electrons. The number of ether oxygens (including phenoxy) is 1. The second kappa shape index (κ2) is 9.67. The molecular weight excluding hydrogens is 408 g/mol. The van der Waals surface area contributed by atoms with Crippen LogP contribution in [0.5, 0.6) is 0 Å². The van der Waals surface area contributed by atoms with Gasteiger partial charge in [0.15, 0.2) is 0 Å². The molecule has 4 rings (SSSR count). The minimum atomic E-state index is -1.03. The highest BCUT2D eigenvalue weighted by atomic mass is 16.6. The summed E-state index contributed by atoms with van der Waals surface area (Å²) in [5.41, 5.74) is 2.35. The number of rotatable bonds is 7. The molecule has 33 heavy (non-hydrogen) atoms. The van der Waals surface area contributed by atoms with E-state index in [9.17, 15) is 9.90 Å². The number of fused-ring (bicyclic) bond motifs is 5. The normalized spacial score (nSPS) is 42.1. The Morgan fingerprint density at radius 2 is 1.82 bits per heavy atom. The van der Waals surface area contributed by atoms with E-state index in [4.69, 9.17) is 4.74 Å². The minimum absolute atomic E-state index is 0.0561. The molecule has 0 saturated heterocycles. The molecular formula is C30H50O3. The van der Waals surface area contributed by atoms with Gasteiger partial charge in [0.05, 0.1) is 0 Å². The number of esters is 1. The molecule has 0 aliphatic heterocycles. The number of aliphatic hydroxyl groups is 1. The second-order valence-corrected chi connectivity index (χ2v) is 13.3. The Kier molecular flexibility index (Phi) is 7.40. The maximum atomic E-state index is 11.9. The molecule has 3 heteroatoms. The van der Waals surface area contributed by atoms with Gasteiger partial charge in [-0.1, -0.05) is 65.5 Å². The zero-order chi connectivity index (χ0) is 24.0. The molecule has 0 spiro atoms. The quantitative estimate of drug-likeness (QED) is 0.321. The van der Waals surface area contributed by atoms with Gasteiger partial charge in [-0.05, 0) is 98.2 Å². The summed E-state index contributed by atoms with van der Waals surface area (Å²) in [4.78, 5) is 11.9. The minimum Gasteiger partial charge on any atom is -0.460 e. The summed E-state index contributed by atoms with van der Waals surface area (Å²) in [7, 11) is 0. The van der Waals surface area contributed by atoms with E-state index in [0.717, 1.165) is 54.8 Å². The molecule has 3 fully saturated rings. The molecule has 9 atom stereocenters. The summed E-state index contributed by atoms with van der Waals surface area (Å²) in [6, 6.07) is 0. The number of allylic oxidation sites excluding steroid dienone is 1. The topological polar surface area (TPSA) is 46.5 Å². The lowest BCUT2D eigenvalue weighted by Crippen LogP contribution is -2.51. The van der Waals surface area contributed by atoms with Crippen LogP contribution in [0.2, 0.25) is 0 Å². The van der Waals surface area contributed by atoms with E-state index >= 15 is 0 Å². The van der Waals surface area contributed by atoms with Crippen molar-refractivity contribution >= 4 is 5.97 Å². The third kappa shape index (κ3) is 4.69. The first-order valence-electron chi connectivity index (χ1n) is 14.1. The third-order valence-corrected chi connectivity index (χ3v) is 10.9. The summed E-state index contributed by atoms with van der Waals surface area (Å²) in [6.07, 6.45) is 15.5. The molecule has 0 bridgehead atoms. The Morgan fingerprint density at radius 3 is 2.52 bits per heavy atom. The Balaban J connectivity index is 1.45. The zero-order valence-corrected chi connectivity index (χ0v) is 22.2. The molecule has 0 aromatic heterocycles. The van der Waals surface area contributed by atoms with Gasteiger partial charge in [-0.3, -0.25) is 0 Å². The van der Waals surface area contributed by atoms with Crippen molar-refractivity contribution < 1.29 is 14.6 Å². The maximum Gasteiger partial charge on any atom is 0.334 e. The number of carbonyl (C=O) groups is 1. The van der Waals surface area contributed by atoms with Crippen LogP contribution >= 0.6 is 0 Å². The van der Waals surface area contributed by atoms with Gasteiger partial charge in [0.25, 0.3) is 0 Å². The fourth-order valence-corrected chi connectivity index (χ4v) is 9.02. The van der Waals surface area contributed by atoms with Crippen LogP contribution in [-0.4, -0.2) is 23.3 Å². The van der Waals surface area contributed by atoms with E-state index in [1.54, 1.807) is 5.57 Å². The Bertz CT molecular complexity index is 739. The van der Waals surface area contributed by atoms with Crippen molar-refractivity contribution in [2.75, 3.05) is 0 Å². The predicted octanol–water partition coefficient (Wildman–Crippen LogP) is 7.32. The largest absolute Gasteiger partial charge is 0.460 e. The van der Waals surface area contributed by atoms with Gasteiger partial charge >= 0.3 is 5.97 Å². The van der Waals surface area contributed by atoms with E-state index < -0.39 is 12.1 Å². The summed E-state index contributed by atoms with van der Waals surface area (Å²) < 4.78 is 5.63. The van der Waals surface area contributed by atoms with Gasteiger partial charge in [-0.25, -0.2) is 4.79 Å². The van der Waals surface area contributed by atoms with E-state index in [-0.39, 0.29) is 11.5 Å². The van der Waals surface area contributed by atoms with E-state index in [1.807, 2.05) is 0 Å². The van der Waals surface area contributed by atoms with Crippen molar-refractivity contribution in [2.45, 2.75) is 124 Å². The SMILES string of the molecule is CC(C)CCC[C@@H](C)[C@H]1CCC2C3CC=C4CC(OC(=O)C(C)O)CC[C@]4(C)C3CC[C@@]21C. The highest BCUT2D eigenvalue weighted by Crippen LogP contribution is 2.67. The molecule has 0 radical (unpaired) electrons. The lowest BCUT2D eigenvalue weighted by Gasteiger charge is -2.58. The monoisotopic (exact) mass is 458 g/mol. The third-order valence-electron chi connectivity index (χ3n) is 10.9. The molecule has 3 nitrogen and oxygen atoms in total. The van der Waals surface area contributed by atoms with Crippen LogP contribution < -0.4 is 0 Å². The number of aliphatic hydroxyl groups excluding tert-OH is 1. The van der Waals surface area contributed by atoms with E-state index in [2.05, 4.69) is 40.7 Å². The van der Waals surface area contributed by atoms with Crippen LogP contribution in [0.1, 0.15) is 112 Å². The van der Waals surface area contributed by atoms with Gasteiger partial charge in [0.2, 0.25) is 0 Å². The fourth-order valence-electron chi connectivity index (χ4n) is 9.02. The summed E-state index contributed by atoms with van der Waals surface area (Å²) >= 11 is 0. The van der Waals surface area contributed by atoms with Crippen molar-refractivity contribution in [3.05, 3.63) is 11.6 Å². The highest BCUT2D eigenvalue weighted by Gasteiger charge is 2.59. The Labute approximate surface area is 203 Å². The molecule has 0 amide bonds. The molecule has 0 aromatic rings. The van der Waals surface area contributed by atoms with Crippen molar-refractivity contribution in [1.29, 1.82) is 0 Å². The molecule has 0 aromatic carbocycles. The Morgan fingerprint density at radius 1 is 1.06 bits per heavy atom. The van der Waals surface area contributed by atoms with Crippen molar-refractivity contribution in [3.8, 4) is 0 Å². The van der Waals surface area contributed by atoms with Crippen LogP contribution in [-0.2, 0) is 9.53 Å². The average Bonchev–Trinajstić information content (AvgIpc) is 3.11. The highest BCUT2D eigenvalue weighted by molar-refractivity contribution is 5.74. The molecule has 0 heterocycles. The van der Waals surface area contributed by atoms with Gasteiger partial charge in [0.1, 0.15) is 12.2 Å². The first kappa shape index (κ1) is 25.3. The van der Waals surface area contributed by atoms with Crippen LogP contribution in [0.25, 0.3) is 0 Å². The standard InChI is InChI=1S/C30H50O3/c1-19(2)8-7-9-20(3)25-12-13-26-24-11-10-22-18-23(33-28(32)21(4)31)14-16-29(22,5)27(24)15-17-30(25,26)6/h10,19-21,23-27,31H,7-9,11-18H2,1-6H3/t20-,21?,23?,24?,25-,26?,27?,29+,30-/m1/s1. The van der Waals surface area contributed by atoms with Gasteiger partial charge < -0.3 is 9.84 Å². The molecule has 4 aliphatic rings. The predicted molar refractivity (Wildman–Crippen MR) is 135 cm³/mol. The molecule has 4 aliphatic carbocycles. The second-order valence-electron chi connectivity index (χ2n) is 13.3. The van der Waals surface area contributed by atoms with Crippen LogP contribution in [0.4, 0.5) is 0 Å². The summed E-state index contributed by atoms with van der Waals surface area (Å²) in [5, 5.41) is 9.54. The van der Waals surface area contributed by atoms with Crippen molar-refractivity contribution in [3.63, 3.8) is 0 Å². The van der Waals surface area contributed by atoms with E-state index in [0.29, 0.717) is 5.41 Å². The average molecular weight is 459 g/mol. The van der Waals surface area contributed by atoms with Gasteiger partial charge in [0, 0.05) is 6.42 Å². The molecule has 1 N–H and O–H groups in total. The first-order valence-corrected chi connectivity index (χ1v) is 14.1. The van der Waals surface area contributed by atoms with Crippen LogP contribution in [0.15, 0.2) is 11.6 Å². The summed E-state index contributed by atoms with van der Waals surface area (Å²) in [5.74, 6) is 4.64. The summed E-state index contributed by atoms with van der Waals surface area (Å²) in [6.45, 7) is 14.0. The van der Waals surface area contributed by atoms with Crippen LogP contribution in [0, 0.1) is 46.3 Å². The van der Waals surface area contributed by atoms with E-state index in [1.165, 1.54) is 58.3 Å². The Hall–Kier alpha value is -0.830. The van der Waals surface area contributed by atoms with Crippen molar-refractivity contribution in [1.82, 2.24) is 0 Å². The first-order chi connectivity index (χ1) is 15.6. The lowest BCUT2D eigenvalue weighted by atomic mass is 9.47. The lowest BCUT2D eigenvalue weighted by molar-refractivity contribution is -0.160.